The molecule has 0 aliphatic rings. The second-order valence-corrected chi connectivity index (χ2v) is 5.75. The van der Waals surface area contributed by atoms with Crippen molar-refractivity contribution in [2.24, 2.45) is 0 Å². The van der Waals surface area contributed by atoms with Crippen LogP contribution in [0.5, 0.6) is 5.75 Å². The highest BCUT2D eigenvalue weighted by molar-refractivity contribution is 5.95. The Balaban J connectivity index is 1.99. The van der Waals surface area contributed by atoms with Crippen LogP contribution in [0.15, 0.2) is 48.5 Å². The second-order valence-electron chi connectivity index (χ2n) is 5.75. The van der Waals surface area contributed by atoms with E-state index in [0.717, 1.165) is 5.56 Å². The van der Waals surface area contributed by atoms with Crippen LogP contribution in [-0.4, -0.2) is 43.6 Å². The number of methoxy groups -OCH3 is 1. The highest BCUT2D eigenvalue weighted by Gasteiger charge is 2.16. The molecule has 5 heteroatoms. The highest BCUT2D eigenvalue weighted by Crippen LogP contribution is 2.15. The van der Waals surface area contributed by atoms with E-state index in [0.29, 0.717) is 36.4 Å². The lowest BCUT2D eigenvalue weighted by atomic mass is 10.0. The Bertz CT molecular complexity index is 736. The first kappa shape index (κ1) is 19.5. The van der Waals surface area contributed by atoms with Crippen molar-refractivity contribution in [3.05, 3.63) is 65.2 Å². The quantitative estimate of drug-likeness (QED) is 0.679. The van der Waals surface area contributed by atoms with Crippen LogP contribution in [0, 0.1) is 0 Å². The van der Waals surface area contributed by atoms with Crippen molar-refractivity contribution in [2.75, 3.05) is 26.8 Å². The molecule has 5 nitrogen and oxygen atoms in total. The summed E-state index contributed by atoms with van der Waals surface area (Å²) in [4.78, 5) is 26.5. The fraction of sp³-hybridized carbons (Fsp3) is 0.333. The third-order valence-corrected chi connectivity index (χ3v) is 4.23. The van der Waals surface area contributed by atoms with E-state index in [9.17, 15) is 9.59 Å². The molecule has 0 aliphatic carbocycles. The molecule has 0 aromatic heterocycles. The fourth-order valence-electron chi connectivity index (χ4n) is 2.69. The maximum atomic E-state index is 12.6. The molecule has 0 saturated carbocycles. The van der Waals surface area contributed by atoms with Crippen LogP contribution in [0.2, 0.25) is 0 Å². The lowest BCUT2D eigenvalue weighted by Gasteiger charge is -2.20. The summed E-state index contributed by atoms with van der Waals surface area (Å²) in [6.45, 7) is 5.46. The first-order valence-electron chi connectivity index (χ1n) is 8.79. The maximum Gasteiger partial charge on any atom is 0.338 e. The Morgan fingerprint density at radius 1 is 0.962 bits per heavy atom. The first-order chi connectivity index (χ1) is 12.6. The molecule has 2 aromatic carbocycles. The molecular formula is C21H25NO4. The summed E-state index contributed by atoms with van der Waals surface area (Å²) in [5.74, 6) is 0.303. The Morgan fingerprint density at radius 3 is 2.23 bits per heavy atom. The normalized spacial score (nSPS) is 10.3. The molecule has 0 N–H and O–H groups in total. The number of amides is 1. The van der Waals surface area contributed by atoms with E-state index in [-0.39, 0.29) is 18.5 Å². The summed E-state index contributed by atoms with van der Waals surface area (Å²) < 4.78 is 10.4. The standard InChI is InChI=1S/C21H25NO4/c1-4-22(5-2)20(23)19-9-7-6-8-16(19)14-15-26-21(24)17-10-12-18(25-3)13-11-17/h6-13H,4-5,14-15H2,1-3H3. The molecule has 26 heavy (non-hydrogen) atoms. The molecular weight excluding hydrogens is 330 g/mol. The average molecular weight is 355 g/mol. The minimum atomic E-state index is -0.389. The number of benzene rings is 2. The predicted octanol–water partition coefficient (Wildman–Crippen LogP) is 3.58. The van der Waals surface area contributed by atoms with Crippen LogP contribution in [0.4, 0.5) is 0 Å². The van der Waals surface area contributed by atoms with Gasteiger partial charge in [-0.2, -0.15) is 0 Å². The lowest BCUT2D eigenvalue weighted by Crippen LogP contribution is -2.31. The molecule has 2 aromatic rings. The van der Waals surface area contributed by atoms with Crippen molar-refractivity contribution in [3.8, 4) is 5.75 Å². The molecule has 2 rings (SSSR count). The van der Waals surface area contributed by atoms with Gasteiger partial charge in [-0.3, -0.25) is 4.79 Å². The molecule has 0 radical (unpaired) electrons. The summed E-state index contributed by atoms with van der Waals surface area (Å²) in [5, 5.41) is 0. The van der Waals surface area contributed by atoms with E-state index < -0.39 is 0 Å². The van der Waals surface area contributed by atoms with Crippen molar-refractivity contribution in [1.82, 2.24) is 4.90 Å². The van der Waals surface area contributed by atoms with Crippen molar-refractivity contribution in [1.29, 1.82) is 0 Å². The van der Waals surface area contributed by atoms with E-state index in [1.807, 2.05) is 38.1 Å². The summed E-state index contributed by atoms with van der Waals surface area (Å²) in [6.07, 6.45) is 0.491. The Labute approximate surface area is 154 Å². The van der Waals surface area contributed by atoms with Crippen molar-refractivity contribution in [2.45, 2.75) is 20.3 Å². The van der Waals surface area contributed by atoms with Gasteiger partial charge in [-0.05, 0) is 49.7 Å². The molecule has 138 valence electrons. The van der Waals surface area contributed by atoms with Crippen LogP contribution in [0.3, 0.4) is 0 Å². The Hall–Kier alpha value is -2.82. The molecule has 0 bridgehead atoms. The summed E-state index contributed by atoms with van der Waals surface area (Å²) in [5.41, 5.74) is 2.02. The zero-order chi connectivity index (χ0) is 18.9. The van der Waals surface area contributed by atoms with Crippen LogP contribution < -0.4 is 4.74 Å². The topological polar surface area (TPSA) is 55.8 Å². The molecule has 0 saturated heterocycles. The SMILES string of the molecule is CCN(CC)C(=O)c1ccccc1CCOC(=O)c1ccc(OC)cc1. The monoisotopic (exact) mass is 355 g/mol. The number of hydrogen-bond donors (Lipinski definition) is 0. The third kappa shape index (κ3) is 4.85. The van der Waals surface area contributed by atoms with Gasteiger partial charge < -0.3 is 14.4 Å². The minimum Gasteiger partial charge on any atom is -0.497 e. The number of ether oxygens (including phenoxy) is 2. The van der Waals surface area contributed by atoms with Gasteiger partial charge in [0.15, 0.2) is 0 Å². The number of esters is 1. The van der Waals surface area contributed by atoms with Gasteiger partial charge in [-0.1, -0.05) is 18.2 Å². The highest BCUT2D eigenvalue weighted by atomic mass is 16.5. The van der Waals surface area contributed by atoms with Gasteiger partial charge >= 0.3 is 5.97 Å². The molecule has 0 heterocycles. The number of hydrogen-bond acceptors (Lipinski definition) is 4. The Kier molecular flexibility index (Phi) is 7.21. The maximum absolute atomic E-state index is 12.6. The first-order valence-corrected chi connectivity index (χ1v) is 8.79. The molecule has 0 unspecified atom stereocenters. The largest absolute Gasteiger partial charge is 0.497 e. The van der Waals surface area contributed by atoms with Gasteiger partial charge in [0.05, 0.1) is 19.3 Å². The van der Waals surface area contributed by atoms with E-state index in [1.165, 1.54) is 0 Å². The van der Waals surface area contributed by atoms with Crippen LogP contribution in [0.1, 0.15) is 40.1 Å². The predicted molar refractivity (Wildman–Crippen MR) is 101 cm³/mol. The fourth-order valence-corrected chi connectivity index (χ4v) is 2.69. The lowest BCUT2D eigenvalue weighted by molar-refractivity contribution is 0.0509. The number of carbonyl (C=O) groups excluding carboxylic acids is 2. The van der Waals surface area contributed by atoms with Crippen LogP contribution in [-0.2, 0) is 11.2 Å². The van der Waals surface area contributed by atoms with E-state index >= 15 is 0 Å². The zero-order valence-corrected chi connectivity index (χ0v) is 15.5. The molecule has 1 amide bonds. The van der Waals surface area contributed by atoms with E-state index in [2.05, 4.69) is 0 Å². The second kappa shape index (κ2) is 9.61. The van der Waals surface area contributed by atoms with E-state index in [4.69, 9.17) is 9.47 Å². The summed E-state index contributed by atoms with van der Waals surface area (Å²) >= 11 is 0. The van der Waals surface area contributed by atoms with Crippen LogP contribution in [0.25, 0.3) is 0 Å². The van der Waals surface area contributed by atoms with Crippen molar-refractivity contribution >= 4 is 11.9 Å². The molecule has 0 fully saturated rings. The molecule has 0 spiro atoms. The van der Waals surface area contributed by atoms with Gasteiger partial charge in [0.25, 0.3) is 5.91 Å². The van der Waals surface area contributed by atoms with Crippen molar-refractivity contribution < 1.29 is 19.1 Å². The molecule has 0 aliphatic heterocycles. The van der Waals surface area contributed by atoms with Gasteiger partial charge in [0.2, 0.25) is 0 Å². The zero-order valence-electron chi connectivity index (χ0n) is 15.5. The third-order valence-electron chi connectivity index (χ3n) is 4.23. The summed E-state index contributed by atoms with van der Waals surface area (Å²) in [7, 11) is 1.57. The van der Waals surface area contributed by atoms with Gasteiger partial charge in [-0.25, -0.2) is 4.79 Å². The van der Waals surface area contributed by atoms with Gasteiger partial charge in [-0.15, -0.1) is 0 Å². The summed E-state index contributed by atoms with van der Waals surface area (Å²) in [6, 6.07) is 14.2. The number of carbonyl (C=O) groups is 2. The van der Waals surface area contributed by atoms with Gasteiger partial charge in [0.1, 0.15) is 5.75 Å². The number of nitrogens with zero attached hydrogens (tertiary/aromatic N) is 1. The number of rotatable bonds is 8. The molecule has 0 atom stereocenters. The smallest absolute Gasteiger partial charge is 0.338 e. The average Bonchev–Trinajstić information content (AvgIpc) is 2.69. The minimum absolute atomic E-state index is 0.00656. The van der Waals surface area contributed by atoms with Crippen LogP contribution >= 0.6 is 0 Å². The van der Waals surface area contributed by atoms with Gasteiger partial charge in [0, 0.05) is 25.1 Å². The Morgan fingerprint density at radius 2 is 1.62 bits per heavy atom. The van der Waals surface area contributed by atoms with E-state index in [1.54, 1.807) is 36.3 Å². The van der Waals surface area contributed by atoms with Crippen molar-refractivity contribution in [3.63, 3.8) is 0 Å².